The van der Waals surface area contributed by atoms with Crippen LogP contribution in [0.4, 0.5) is 14.6 Å². The number of anilines is 1. The van der Waals surface area contributed by atoms with Crippen molar-refractivity contribution in [3.05, 3.63) is 54.2 Å². The Bertz CT molecular complexity index is 1750. The molecule has 3 aliphatic rings. The van der Waals surface area contributed by atoms with Crippen LogP contribution in [0.15, 0.2) is 42.6 Å². The fourth-order valence-corrected chi connectivity index (χ4v) is 7.38. The van der Waals surface area contributed by atoms with Gasteiger partial charge < -0.3 is 14.4 Å². The number of fused-ring (bicyclic) bond motifs is 3. The van der Waals surface area contributed by atoms with Crippen molar-refractivity contribution in [3.63, 3.8) is 0 Å². The lowest BCUT2D eigenvalue weighted by Gasteiger charge is -2.34. The number of halogens is 2. The van der Waals surface area contributed by atoms with Gasteiger partial charge in [-0.2, -0.15) is 9.97 Å². The number of benzene rings is 2. The third kappa shape index (κ3) is 5.58. The van der Waals surface area contributed by atoms with Crippen molar-refractivity contribution in [2.75, 3.05) is 37.7 Å². The summed E-state index contributed by atoms with van der Waals surface area (Å²) < 4.78 is 43.6. The van der Waals surface area contributed by atoms with Crippen molar-refractivity contribution in [3.8, 4) is 17.3 Å². The van der Waals surface area contributed by atoms with Crippen LogP contribution in [0, 0.1) is 17.6 Å². The Balaban J connectivity index is 1.27. The molecule has 0 unspecified atom stereocenters. The number of carbonyl (C=O) groups is 1. The number of piperidine rings is 1. The molecule has 7 rings (SSSR count). The van der Waals surface area contributed by atoms with E-state index in [2.05, 4.69) is 14.9 Å². The second-order valence-corrected chi connectivity index (χ2v) is 13.7. The Kier molecular flexibility index (Phi) is 7.58. The number of aromatic nitrogens is 3. The van der Waals surface area contributed by atoms with Crippen LogP contribution in [0.2, 0.25) is 0 Å². The fourth-order valence-electron chi connectivity index (χ4n) is 7.38. The number of ether oxygens (including phenoxy) is 2. The Morgan fingerprint density at radius 1 is 1.00 bits per heavy atom. The molecule has 3 saturated heterocycles. The summed E-state index contributed by atoms with van der Waals surface area (Å²) >= 11 is 0. The van der Waals surface area contributed by atoms with E-state index in [1.807, 2.05) is 25.7 Å². The molecule has 236 valence electrons. The number of esters is 1. The number of hydrogen-bond acceptors (Lipinski definition) is 8. The predicted octanol–water partition coefficient (Wildman–Crippen LogP) is 6.69. The van der Waals surface area contributed by atoms with Gasteiger partial charge in [0.15, 0.2) is 5.82 Å². The van der Waals surface area contributed by atoms with Gasteiger partial charge in [-0.25, -0.2) is 8.78 Å². The summed E-state index contributed by atoms with van der Waals surface area (Å²) in [6.45, 7) is 9.23. The first-order valence-electron chi connectivity index (χ1n) is 16.0. The minimum atomic E-state index is -0.651. The summed E-state index contributed by atoms with van der Waals surface area (Å²) in [6.07, 6.45) is 7.11. The van der Waals surface area contributed by atoms with Crippen LogP contribution >= 0.6 is 0 Å². The van der Waals surface area contributed by atoms with E-state index in [1.165, 1.54) is 6.07 Å². The van der Waals surface area contributed by atoms with Crippen molar-refractivity contribution < 1.29 is 23.0 Å². The smallest absolute Gasteiger partial charge is 0.319 e. The summed E-state index contributed by atoms with van der Waals surface area (Å²) in [5.74, 6) is -0.993. The molecule has 0 aliphatic carbocycles. The van der Waals surface area contributed by atoms with Crippen molar-refractivity contribution >= 4 is 33.5 Å². The van der Waals surface area contributed by atoms with E-state index < -0.39 is 17.2 Å². The zero-order chi connectivity index (χ0) is 31.3. The SMILES string of the molecule is CC(C)(C)OC(=O)C1CCN(c2nc(OCC34CCCN3CCC4)nc3c(F)c(-c4cccc5cccc(F)c45)ncc23)CC1. The van der Waals surface area contributed by atoms with Crippen molar-refractivity contribution in [2.24, 2.45) is 5.92 Å². The van der Waals surface area contributed by atoms with Gasteiger partial charge in [0.1, 0.15) is 35.1 Å². The molecule has 0 atom stereocenters. The molecule has 0 bridgehead atoms. The van der Waals surface area contributed by atoms with Gasteiger partial charge in [-0.1, -0.05) is 30.3 Å². The van der Waals surface area contributed by atoms with Crippen LogP contribution in [0.25, 0.3) is 32.9 Å². The second kappa shape index (κ2) is 11.5. The van der Waals surface area contributed by atoms with E-state index in [4.69, 9.17) is 14.5 Å². The highest BCUT2D eigenvalue weighted by molar-refractivity contribution is 5.99. The lowest BCUT2D eigenvalue weighted by molar-refractivity contribution is -0.160. The molecule has 0 saturated carbocycles. The third-order valence-corrected chi connectivity index (χ3v) is 9.57. The van der Waals surface area contributed by atoms with E-state index in [9.17, 15) is 4.79 Å². The molecule has 10 heteroatoms. The zero-order valence-electron chi connectivity index (χ0n) is 26.1. The van der Waals surface area contributed by atoms with Crippen LogP contribution in [0.5, 0.6) is 6.01 Å². The first-order valence-corrected chi connectivity index (χ1v) is 16.0. The van der Waals surface area contributed by atoms with Gasteiger partial charge in [0.25, 0.3) is 0 Å². The van der Waals surface area contributed by atoms with E-state index >= 15 is 8.78 Å². The van der Waals surface area contributed by atoms with E-state index in [-0.39, 0.29) is 34.6 Å². The van der Waals surface area contributed by atoms with Crippen LogP contribution in [-0.2, 0) is 9.53 Å². The standard InChI is InChI=1S/C35H39F2N5O3/c1-34(2,3)45-32(43)23-12-18-41(19-13-23)31-25-20-38-29(24-10-4-8-22-9-5-11-26(36)27(22)24)28(37)30(25)39-33(40-31)44-21-35-14-6-16-42(35)17-7-15-35/h4-5,8-11,20,23H,6-7,12-19,21H2,1-3H3. The van der Waals surface area contributed by atoms with Gasteiger partial charge in [-0.3, -0.25) is 14.7 Å². The number of pyridine rings is 1. The maximum absolute atomic E-state index is 16.6. The molecule has 3 aliphatic heterocycles. The van der Waals surface area contributed by atoms with Gasteiger partial charge >= 0.3 is 12.0 Å². The number of rotatable bonds is 6. The molecule has 45 heavy (non-hydrogen) atoms. The molecule has 0 spiro atoms. The largest absolute Gasteiger partial charge is 0.461 e. The fraction of sp³-hybridized carbons (Fsp3) is 0.486. The van der Waals surface area contributed by atoms with Crippen LogP contribution in [0.1, 0.15) is 59.3 Å². The highest BCUT2D eigenvalue weighted by atomic mass is 19.1. The molecule has 3 fully saturated rings. The highest BCUT2D eigenvalue weighted by Crippen LogP contribution is 2.40. The maximum atomic E-state index is 16.6. The minimum Gasteiger partial charge on any atom is -0.461 e. The van der Waals surface area contributed by atoms with Gasteiger partial charge in [0.2, 0.25) is 0 Å². The summed E-state index contributed by atoms with van der Waals surface area (Å²) in [4.78, 5) is 31.3. The summed E-state index contributed by atoms with van der Waals surface area (Å²) in [5, 5.41) is 1.41. The maximum Gasteiger partial charge on any atom is 0.319 e. The topological polar surface area (TPSA) is 80.7 Å². The molecule has 8 nitrogen and oxygen atoms in total. The minimum absolute atomic E-state index is 0.0220. The number of nitrogens with zero attached hydrogens (tertiary/aromatic N) is 5. The van der Waals surface area contributed by atoms with Gasteiger partial charge in [-0.05, 0) is 83.8 Å². The molecule has 4 aromatic rings. The van der Waals surface area contributed by atoms with Crippen LogP contribution in [0.3, 0.4) is 0 Å². The monoisotopic (exact) mass is 615 g/mol. The molecule has 0 radical (unpaired) electrons. The summed E-state index contributed by atoms with van der Waals surface area (Å²) in [5.41, 5.74) is -0.127. The molecule has 2 aromatic carbocycles. The van der Waals surface area contributed by atoms with E-state index in [0.29, 0.717) is 60.1 Å². The molecular weight excluding hydrogens is 576 g/mol. The molecule has 5 heterocycles. The van der Waals surface area contributed by atoms with Gasteiger partial charge in [0, 0.05) is 30.2 Å². The predicted molar refractivity (Wildman–Crippen MR) is 169 cm³/mol. The lowest BCUT2D eigenvalue weighted by Crippen LogP contribution is -2.43. The number of carbonyl (C=O) groups excluding carboxylic acids is 1. The first kappa shape index (κ1) is 29.8. The summed E-state index contributed by atoms with van der Waals surface area (Å²) in [6, 6.07) is 10.2. The highest BCUT2D eigenvalue weighted by Gasteiger charge is 2.45. The Hall–Kier alpha value is -3.92. The van der Waals surface area contributed by atoms with Crippen LogP contribution in [-0.4, -0.2) is 69.7 Å². The molecule has 0 N–H and O–H groups in total. The summed E-state index contributed by atoms with van der Waals surface area (Å²) in [7, 11) is 0. The Morgan fingerprint density at radius 3 is 2.42 bits per heavy atom. The second-order valence-electron chi connectivity index (χ2n) is 13.7. The van der Waals surface area contributed by atoms with Gasteiger partial charge in [-0.15, -0.1) is 0 Å². The van der Waals surface area contributed by atoms with Crippen molar-refractivity contribution in [2.45, 2.75) is 70.4 Å². The Morgan fingerprint density at radius 2 is 1.71 bits per heavy atom. The first-order chi connectivity index (χ1) is 21.6. The quantitative estimate of drug-likeness (QED) is 0.222. The lowest BCUT2D eigenvalue weighted by atomic mass is 9.95. The van der Waals surface area contributed by atoms with Gasteiger partial charge in [0.05, 0.1) is 16.8 Å². The molecule has 2 aromatic heterocycles. The zero-order valence-corrected chi connectivity index (χ0v) is 26.1. The van der Waals surface area contributed by atoms with E-state index in [0.717, 1.165) is 38.8 Å². The average Bonchev–Trinajstić information content (AvgIpc) is 3.60. The molecular formula is C35H39F2N5O3. The normalized spacial score (nSPS) is 18.9. The van der Waals surface area contributed by atoms with Crippen molar-refractivity contribution in [1.29, 1.82) is 0 Å². The average molecular weight is 616 g/mol. The Labute approximate surface area is 261 Å². The van der Waals surface area contributed by atoms with Crippen molar-refractivity contribution in [1.82, 2.24) is 19.9 Å². The molecule has 0 amide bonds. The van der Waals surface area contributed by atoms with E-state index in [1.54, 1.807) is 36.5 Å². The van der Waals surface area contributed by atoms with Crippen LogP contribution < -0.4 is 9.64 Å². The number of hydrogen-bond donors (Lipinski definition) is 0. The third-order valence-electron chi connectivity index (χ3n) is 9.57.